The van der Waals surface area contributed by atoms with Crippen molar-refractivity contribution in [2.24, 2.45) is 0 Å². The van der Waals surface area contributed by atoms with Crippen LogP contribution in [0.25, 0.3) is 11.1 Å². The maximum Gasteiger partial charge on any atom is 0.343 e. The van der Waals surface area contributed by atoms with Crippen LogP contribution in [0.4, 0.5) is 0 Å². The second-order valence-electron chi connectivity index (χ2n) is 5.75. The number of esters is 1. The van der Waals surface area contributed by atoms with Gasteiger partial charge in [-0.25, -0.2) is 4.79 Å². The Kier molecular flexibility index (Phi) is 5.13. The summed E-state index contributed by atoms with van der Waals surface area (Å²) in [4.78, 5) is 23.9. The van der Waals surface area contributed by atoms with Gasteiger partial charge in [0.2, 0.25) is 0 Å². The lowest BCUT2D eigenvalue weighted by Crippen LogP contribution is -2.09. The van der Waals surface area contributed by atoms with Crippen molar-refractivity contribution >= 4 is 11.8 Å². The van der Waals surface area contributed by atoms with Gasteiger partial charge >= 0.3 is 5.97 Å². The van der Waals surface area contributed by atoms with Crippen molar-refractivity contribution in [1.82, 2.24) is 0 Å². The fourth-order valence-electron chi connectivity index (χ4n) is 2.56. The van der Waals surface area contributed by atoms with E-state index in [0.717, 1.165) is 11.1 Å². The molecule has 4 heteroatoms. The molecule has 0 atom stereocenters. The monoisotopic (exact) mass is 346 g/mol. The van der Waals surface area contributed by atoms with E-state index in [0.29, 0.717) is 16.9 Å². The molecule has 3 aromatic carbocycles. The van der Waals surface area contributed by atoms with Gasteiger partial charge in [0.15, 0.2) is 17.3 Å². The molecule has 0 aromatic heterocycles. The van der Waals surface area contributed by atoms with Crippen LogP contribution in [0.5, 0.6) is 11.5 Å². The third-order valence-corrected chi connectivity index (χ3v) is 4.00. The topological polar surface area (TPSA) is 52.6 Å². The molecule has 0 bridgehead atoms. The van der Waals surface area contributed by atoms with Crippen molar-refractivity contribution in [1.29, 1.82) is 0 Å². The van der Waals surface area contributed by atoms with Crippen LogP contribution in [-0.4, -0.2) is 18.9 Å². The highest BCUT2D eigenvalue weighted by molar-refractivity contribution is 5.95. The van der Waals surface area contributed by atoms with E-state index in [2.05, 4.69) is 0 Å². The molecule has 0 aliphatic rings. The van der Waals surface area contributed by atoms with Gasteiger partial charge in [0.1, 0.15) is 0 Å². The van der Waals surface area contributed by atoms with Gasteiger partial charge in [-0.2, -0.15) is 0 Å². The molecule has 0 N–H and O–H groups in total. The van der Waals surface area contributed by atoms with Gasteiger partial charge in [-0.1, -0.05) is 42.5 Å². The first-order chi connectivity index (χ1) is 12.6. The minimum Gasteiger partial charge on any atom is -0.493 e. The highest BCUT2D eigenvalue weighted by Gasteiger charge is 2.14. The van der Waals surface area contributed by atoms with E-state index < -0.39 is 5.97 Å². The summed E-state index contributed by atoms with van der Waals surface area (Å²) < 4.78 is 10.6. The van der Waals surface area contributed by atoms with E-state index in [1.165, 1.54) is 14.0 Å². The summed E-state index contributed by atoms with van der Waals surface area (Å²) in [5.74, 6) is 0.0396. The number of hydrogen-bond acceptors (Lipinski definition) is 4. The van der Waals surface area contributed by atoms with Crippen LogP contribution in [-0.2, 0) is 0 Å². The summed E-state index contributed by atoms with van der Waals surface area (Å²) in [5.41, 5.74) is 3.02. The summed E-state index contributed by atoms with van der Waals surface area (Å²) in [6, 6.07) is 21.8. The Bertz CT molecular complexity index is 928. The number of Topliss-reactive ketones (excluding diaryl/α,β-unsaturated/α-hetero) is 1. The van der Waals surface area contributed by atoms with Crippen LogP contribution in [0.3, 0.4) is 0 Å². The smallest absolute Gasteiger partial charge is 0.343 e. The molecule has 0 amide bonds. The molecule has 0 spiro atoms. The molecular formula is C22H18O4. The molecule has 0 radical (unpaired) electrons. The number of carbonyl (C=O) groups excluding carboxylic acids is 2. The fourth-order valence-corrected chi connectivity index (χ4v) is 2.56. The maximum absolute atomic E-state index is 12.4. The zero-order chi connectivity index (χ0) is 18.5. The van der Waals surface area contributed by atoms with E-state index in [1.807, 2.05) is 42.5 Å². The van der Waals surface area contributed by atoms with Crippen LogP contribution in [0.1, 0.15) is 27.6 Å². The number of rotatable bonds is 5. The average molecular weight is 346 g/mol. The third kappa shape index (κ3) is 3.81. The fraction of sp³-hybridized carbons (Fsp3) is 0.0909. The molecule has 3 aromatic rings. The highest BCUT2D eigenvalue weighted by Crippen LogP contribution is 2.29. The van der Waals surface area contributed by atoms with E-state index in [-0.39, 0.29) is 11.5 Å². The molecule has 0 saturated heterocycles. The minimum atomic E-state index is -0.488. The predicted octanol–water partition coefficient (Wildman–Crippen LogP) is 4.78. The molecule has 0 aliphatic heterocycles. The van der Waals surface area contributed by atoms with Gasteiger partial charge in [0, 0.05) is 5.56 Å². The molecular weight excluding hydrogens is 328 g/mol. The van der Waals surface area contributed by atoms with E-state index in [1.54, 1.807) is 30.3 Å². The molecule has 26 heavy (non-hydrogen) atoms. The van der Waals surface area contributed by atoms with Gasteiger partial charge in [-0.05, 0) is 48.4 Å². The van der Waals surface area contributed by atoms with Gasteiger partial charge < -0.3 is 9.47 Å². The second-order valence-corrected chi connectivity index (χ2v) is 5.75. The van der Waals surface area contributed by atoms with Crippen molar-refractivity contribution in [2.75, 3.05) is 7.11 Å². The Morgan fingerprint density at radius 1 is 0.731 bits per heavy atom. The summed E-state index contributed by atoms with van der Waals surface area (Å²) in [5, 5.41) is 0. The zero-order valence-electron chi connectivity index (χ0n) is 14.6. The number of ketones is 1. The van der Waals surface area contributed by atoms with Crippen LogP contribution in [0, 0.1) is 0 Å². The summed E-state index contributed by atoms with van der Waals surface area (Å²) in [6.45, 7) is 1.47. The van der Waals surface area contributed by atoms with Gasteiger partial charge in [0.25, 0.3) is 0 Å². The SMILES string of the molecule is COc1cc(C(C)=O)ccc1OC(=O)c1ccc(-c2ccccc2)cc1. The van der Waals surface area contributed by atoms with Gasteiger partial charge in [-0.3, -0.25) is 4.79 Å². The first-order valence-corrected chi connectivity index (χ1v) is 8.15. The molecule has 0 heterocycles. The van der Waals surface area contributed by atoms with Crippen LogP contribution in [0.15, 0.2) is 72.8 Å². The highest BCUT2D eigenvalue weighted by atomic mass is 16.6. The molecule has 0 fully saturated rings. The van der Waals surface area contributed by atoms with Crippen LogP contribution >= 0.6 is 0 Å². The quantitative estimate of drug-likeness (QED) is 0.379. The Morgan fingerprint density at radius 3 is 1.96 bits per heavy atom. The lowest BCUT2D eigenvalue weighted by molar-refractivity contribution is 0.0729. The lowest BCUT2D eigenvalue weighted by atomic mass is 10.0. The number of ether oxygens (including phenoxy) is 2. The third-order valence-electron chi connectivity index (χ3n) is 4.00. The molecule has 3 rings (SSSR count). The standard InChI is InChI=1S/C22H18O4/c1-15(23)19-12-13-20(21(14-19)25-2)26-22(24)18-10-8-17(9-11-18)16-6-4-3-5-7-16/h3-14H,1-2H3. The number of carbonyl (C=O) groups is 2. The van der Waals surface area contributed by atoms with E-state index >= 15 is 0 Å². The Balaban J connectivity index is 1.79. The predicted molar refractivity (Wildman–Crippen MR) is 99.8 cm³/mol. The average Bonchev–Trinajstić information content (AvgIpc) is 2.69. The normalized spacial score (nSPS) is 10.2. The summed E-state index contributed by atoms with van der Waals surface area (Å²) in [6.07, 6.45) is 0. The second kappa shape index (κ2) is 7.66. The largest absolute Gasteiger partial charge is 0.493 e. The van der Waals surface area contributed by atoms with Crippen molar-refractivity contribution in [3.8, 4) is 22.6 Å². The molecule has 130 valence electrons. The Labute approximate surface area is 152 Å². The van der Waals surface area contributed by atoms with Gasteiger partial charge in [-0.15, -0.1) is 0 Å². The maximum atomic E-state index is 12.4. The summed E-state index contributed by atoms with van der Waals surface area (Å²) >= 11 is 0. The van der Waals surface area contributed by atoms with E-state index in [4.69, 9.17) is 9.47 Å². The van der Waals surface area contributed by atoms with Crippen molar-refractivity contribution < 1.29 is 19.1 Å². The Morgan fingerprint density at radius 2 is 1.35 bits per heavy atom. The summed E-state index contributed by atoms with van der Waals surface area (Å²) in [7, 11) is 1.46. The van der Waals surface area contributed by atoms with Gasteiger partial charge in [0.05, 0.1) is 12.7 Å². The van der Waals surface area contributed by atoms with Crippen molar-refractivity contribution in [3.05, 3.63) is 83.9 Å². The minimum absolute atomic E-state index is 0.0855. The molecule has 0 saturated carbocycles. The van der Waals surface area contributed by atoms with Crippen LogP contribution in [0.2, 0.25) is 0 Å². The van der Waals surface area contributed by atoms with E-state index in [9.17, 15) is 9.59 Å². The lowest BCUT2D eigenvalue weighted by Gasteiger charge is -2.10. The number of hydrogen-bond donors (Lipinski definition) is 0. The number of benzene rings is 3. The van der Waals surface area contributed by atoms with Crippen LogP contribution < -0.4 is 9.47 Å². The zero-order valence-corrected chi connectivity index (χ0v) is 14.6. The number of methoxy groups -OCH3 is 1. The molecule has 4 nitrogen and oxygen atoms in total. The van der Waals surface area contributed by atoms with Crippen molar-refractivity contribution in [3.63, 3.8) is 0 Å². The molecule has 0 aliphatic carbocycles. The van der Waals surface area contributed by atoms with Crippen molar-refractivity contribution in [2.45, 2.75) is 6.92 Å². The first-order valence-electron chi connectivity index (χ1n) is 8.15. The Hall–Kier alpha value is -3.40. The first kappa shape index (κ1) is 17.4. The molecule has 0 unspecified atom stereocenters.